The van der Waals surface area contributed by atoms with Crippen LogP contribution in [0.15, 0.2) is 12.2 Å². The van der Waals surface area contributed by atoms with Gasteiger partial charge in [0.05, 0.1) is 6.10 Å². The maximum absolute atomic E-state index is 11.2. The van der Waals surface area contributed by atoms with Crippen LogP contribution in [0.5, 0.6) is 0 Å². The molecule has 1 N–H and O–H groups in total. The molecule has 124 valence electrons. The van der Waals surface area contributed by atoms with Crippen molar-refractivity contribution in [3.05, 3.63) is 12.2 Å². The van der Waals surface area contributed by atoms with Gasteiger partial charge in [0.1, 0.15) is 5.60 Å². The summed E-state index contributed by atoms with van der Waals surface area (Å²) in [6.45, 7) is 8.66. The number of aliphatic hydroxyl groups is 1. The highest BCUT2D eigenvalue weighted by Crippen LogP contribution is 2.30. The zero-order valence-electron chi connectivity index (χ0n) is 14.7. The molecule has 0 aromatic heterocycles. The Hall–Kier alpha value is -0.123. The fraction of sp³-hybridized carbons (Fsp3) is 0.889. The molecule has 1 aliphatic rings. The molecule has 0 spiro atoms. The Bertz CT molecular complexity index is 309. The van der Waals surface area contributed by atoms with E-state index in [0.717, 1.165) is 19.3 Å². The second-order valence-corrected chi connectivity index (χ2v) is 12.0. The summed E-state index contributed by atoms with van der Waals surface area (Å²) < 4.78 is 6.39. The van der Waals surface area contributed by atoms with Gasteiger partial charge in [-0.2, -0.15) is 0 Å². The van der Waals surface area contributed by atoms with Crippen molar-refractivity contribution >= 4 is 8.32 Å². The Morgan fingerprint density at radius 3 is 2.00 bits per heavy atom. The molecule has 0 bridgehead atoms. The molecule has 1 saturated carbocycles. The lowest BCUT2D eigenvalue weighted by Gasteiger charge is -2.38. The van der Waals surface area contributed by atoms with Crippen LogP contribution in [0, 0.1) is 0 Å². The summed E-state index contributed by atoms with van der Waals surface area (Å²) in [5, 5.41) is 11.2. The maximum atomic E-state index is 11.2. The average molecular weight is 313 g/mol. The third kappa shape index (κ3) is 7.62. The molecule has 2 unspecified atom stereocenters. The van der Waals surface area contributed by atoms with Crippen LogP contribution in [0.2, 0.25) is 19.6 Å². The number of allylic oxidation sites excluding steroid dienone is 1. The van der Waals surface area contributed by atoms with Gasteiger partial charge in [0.2, 0.25) is 0 Å². The molecular weight excluding hydrogens is 276 g/mol. The van der Waals surface area contributed by atoms with Crippen LogP contribution in [0.1, 0.15) is 71.1 Å². The molecule has 1 fully saturated rings. The van der Waals surface area contributed by atoms with Gasteiger partial charge >= 0.3 is 0 Å². The molecule has 0 radical (unpaired) electrons. The van der Waals surface area contributed by atoms with E-state index in [9.17, 15) is 5.11 Å². The molecule has 3 heteroatoms. The van der Waals surface area contributed by atoms with Gasteiger partial charge in [0.25, 0.3) is 0 Å². The minimum absolute atomic E-state index is 0.0280. The van der Waals surface area contributed by atoms with Gasteiger partial charge in [-0.05, 0) is 39.4 Å². The highest BCUT2D eigenvalue weighted by Gasteiger charge is 2.37. The standard InChI is InChI=1S/C18H36O2Si/c1-5-15-18(19)16-13-11-9-7-6-8-10-12-14-17(18)20-21(2,3)4/h5,15,17,19H,6-14,16H2,1-4H3. The molecule has 2 nitrogen and oxygen atoms in total. The van der Waals surface area contributed by atoms with Gasteiger partial charge in [0, 0.05) is 0 Å². The van der Waals surface area contributed by atoms with Gasteiger partial charge < -0.3 is 9.53 Å². The molecule has 1 aliphatic carbocycles. The maximum Gasteiger partial charge on any atom is 0.184 e. The minimum atomic E-state index is -1.65. The van der Waals surface area contributed by atoms with Crippen LogP contribution in [0.4, 0.5) is 0 Å². The van der Waals surface area contributed by atoms with E-state index in [0.29, 0.717) is 0 Å². The highest BCUT2D eigenvalue weighted by atomic mass is 28.4. The van der Waals surface area contributed by atoms with Crippen LogP contribution >= 0.6 is 0 Å². The third-order valence-electron chi connectivity index (χ3n) is 4.30. The van der Waals surface area contributed by atoms with Gasteiger partial charge in [-0.15, -0.1) is 0 Å². The van der Waals surface area contributed by atoms with Gasteiger partial charge in [-0.25, -0.2) is 0 Å². The second kappa shape index (κ2) is 9.11. The lowest BCUT2D eigenvalue weighted by molar-refractivity contribution is -0.0412. The lowest BCUT2D eigenvalue weighted by Crippen LogP contribution is -2.47. The summed E-state index contributed by atoms with van der Waals surface area (Å²) in [7, 11) is -1.65. The van der Waals surface area contributed by atoms with E-state index in [4.69, 9.17) is 4.43 Å². The van der Waals surface area contributed by atoms with Crippen molar-refractivity contribution in [2.24, 2.45) is 0 Å². The molecule has 0 amide bonds. The van der Waals surface area contributed by atoms with Crippen LogP contribution in [-0.4, -0.2) is 25.1 Å². The fourth-order valence-electron chi connectivity index (χ4n) is 3.28. The first-order valence-electron chi connectivity index (χ1n) is 8.91. The third-order valence-corrected chi connectivity index (χ3v) is 5.29. The summed E-state index contributed by atoms with van der Waals surface area (Å²) in [5.41, 5.74) is -0.770. The smallest absolute Gasteiger partial charge is 0.184 e. The topological polar surface area (TPSA) is 29.5 Å². The lowest BCUT2D eigenvalue weighted by atomic mass is 9.86. The SMILES string of the molecule is CC=CC1(O)CCCCCCCCCCC1O[Si](C)(C)C. The average Bonchev–Trinajstić information content (AvgIpc) is 2.37. The van der Waals surface area contributed by atoms with Crippen molar-refractivity contribution in [1.82, 2.24) is 0 Å². The Morgan fingerprint density at radius 1 is 0.952 bits per heavy atom. The highest BCUT2D eigenvalue weighted by molar-refractivity contribution is 6.69. The van der Waals surface area contributed by atoms with E-state index >= 15 is 0 Å². The van der Waals surface area contributed by atoms with E-state index in [1.807, 2.05) is 19.1 Å². The first-order chi connectivity index (χ1) is 9.87. The Balaban J connectivity index is 2.83. The van der Waals surface area contributed by atoms with Crippen molar-refractivity contribution in [2.75, 3.05) is 0 Å². The van der Waals surface area contributed by atoms with Gasteiger partial charge in [-0.3, -0.25) is 0 Å². The second-order valence-electron chi connectivity index (χ2n) is 7.58. The Morgan fingerprint density at radius 2 is 1.48 bits per heavy atom. The predicted molar refractivity (Wildman–Crippen MR) is 94.2 cm³/mol. The summed E-state index contributed by atoms with van der Waals surface area (Å²) in [5.74, 6) is 0. The molecule has 0 aromatic carbocycles. The Kier molecular flexibility index (Phi) is 8.21. The van der Waals surface area contributed by atoms with Gasteiger partial charge in [-0.1, -0.05) is 63.5 Å². The van der Waals surface area contributed by atoms with Gasteiger partial charge in [0.15, 0.2) is 8.32 Å². The summed E-state index contributed by atoms with van der Waals surface area (Å²) in [4.78, 5) is 0. The summed E-state index contributed by atoms with van der Waals surface area (Å²) in [6.07, 6.45) is 16.0. The van der Waals surface area contributed by atoms with Crippen LogP contribution in [-0.2, 0) is 4.43 Å². The fourth-order valence-corrected chi connectivity index (χ4v) is 4.45. The largest absolute Gasteiger partial charge is 0.411 e. The zero-order chi connectivity index (χ0) is 15.8. The molecule has 1 rings (SSSR count). The van der Waals surface area contributed by atoms with Crippen molar-refractivity contribution in [3.8, 4) is 0 Å². The molecule has 0 saturated heterocycles. The molecule has 2 atom stereocenters. The number of hydrogen-bond donors (Lipinski definition) is 1. The number of rotatable bonds is 3. The molecule has 0 aliphatic heterocycles. The van der Waals surface area contributed by atoms with Crippen molar-refractivity contribution in [3.63, 3.8) is 0 Å². The molecular formula is C18H36O2Si. The van der Waals surface area contributed by atoms with E-state index in [1.165, 1.54) is 44.9 Å². The van der Waals surface area contributed by atoms with E-state index in [1.54, 1.807) is 0 Å². The summed E-state index contributed by atoms with van der Waals surface area (Å²) in [6, 6.07) is 0. The summed E-state index contributed by atoms with van der Waals surface area (Å²) >= 11 is 0. The predicted octanol–water partition coefficient (Wildman–Crippen LogP) is 5.43. The van der Waals surface area contributed by atoms with Crippen LogP contribution < -0.4 is 0 Å². The normalized spacial score (nSPS) is 30.8. The molecule has 0 aromatic rings. The number of hydrogen-bond acceptors (Lipinski definition) is 2. The van der Waals surface area contributed by atoms with E-state index < -0.39 is 13.9 Å². The minimum Gasteiger partial charge on any atom is -0.411 e. The quantitative estimate of drug-likeness (QED) is 0.556. The first kappa shape index (κ1) is 18.9. The first-order valence-corrected chi connectivity index (χ1v) is 12.3. The van der Waals surface area contributed by atoms with Crippen molar-refractivity contribution in [2.45, 2.75) is 102 Å². The van der Waals surface area contributed by atoms with E-state index in [-0.39, 0.29) is 6.10 Å². The Labute approximate surface area is 133 Å². The van der Waals surface area contributed by atoms with E-state index in [2.05, 4.69) is 19.6 Å². The van der Waals surface area contributed by atoms with Crippen LogP contribution in [0.25, 0.3) is 0 Å². The van der Waals surface area contributed by atoms with Crippen molar-refractivity contribution in [1.29, 1.82) is 0 Å². The van der Waals surface area contributed by atoms with Crippen LogP contribution in [0.3, 0.4) is 0 Å². The zero-order valence-corrected chi connectivity index (χ0v) is 15.7. The monoisotopic (exact) mass is 312 g/mol. The van der Waals surface area contributed by atoms with Crippen molar-refractivity contribution < 1.29 is 9.53 Å². The molecule has 0 heterocycles. The molecule has 21 heavy (non-hydrogen) atoms.